The zero-order valence-electron chi connectivity index (χ0n) is 16.4. The van der Waals surface area contributed by atoms with E-state index in [0.29, 0.717) is 27.2 Å². The number of piperidine rings is 1. The number of primary amides is 1. The van der Waals surface area contributed by atoms with Crippen molar-refractivity contribution in [1.82, 2.24) is 15.2 Å². The SMILES string of the molecule is NC(=O)N1C2CCC1CC(NCc1ccc(Oc3nc4cccc(F)c4s3)cc1)C2. The van der Waals surface area contributed by atoms with Gasteiger partial charge in [0.1, 0.15) is 11.6 Å². The molecule has 2 fully saturated rings. The van der Waals surface area contributed by atoms with E-state index in [4.69, 9.17) is 10.5 Å². The lowest BCUT2D eigenvalue weighted by Gasteiger charge is -2.38. The first-order valence-corrected chi connectivity index (χ1v) is 11.0. The molecule has 1 aromatic heterocycles. The van der Waals surface area contributed by atoms with E-state index in [1.54, 1.807) is 12.1 Å². The van der Waals surface area contributed by atoms with E-state index >= 15 is 0 Å². The lowest BCUT2D eigenvalue weighted by Crippen LogP contribution is -2.53. The van der Waals surface area contributed by atoms with Gasteiger partial charge in [0.05, 0.1) is 10.2 Å². The molecule has 3 N–H and O–H groups in total. The summed E-state index contributed by atoms with van der Waals surface area (Å²) >= 11 is 1.20. The van der Waals surface area contributed by atoms with Crippen molar-refractivity contribution in [3.05, 3.63) is 53.8 Å². The number of nitrogens with zero attached hydrogens (tertiary/aromatic N) is 2. The van der Waals surface area contributed by atoms with Crippen molar-refractivity contribution < 1.29 is 13.9 Å². The van der Waals surface area contributed by atoms with Gasteiger partial charge in [-0.25, -0.2) is 14.2 Å². The number of amides is 2. The van der Waals surface area contributed by atoms with Crippen molar-refractivity contribution in [2.75, 3.05) is 0 Å². The van der Waals surface area contributed by atoms with Gasteiger partial charge >= 0.3 is 6.03 Å². The molecule has 0 saturated carbocycles. The van der Waals surface area contributed by atoms with Gasteiger partial charge in [0.15, 0.2) is 0 Å². The van der Waals surface area contributed by atoms with E-state index in [0.717, 1.165) is 37.8 Å². The molecule has 2 aliphatic heterocycles. The molecule has 3 aromatic rings. The van der Waals surface area contributed by atoms with Crippen LogP contribution in [-0.4, -0.2) is 34.0 Å². The molecule has 3 heterocycles. The predicted molar refractivity (Wildman–Crippen MR) is 114 cm³/mol. The third kappa shape index (κ3) is 3.73. The van der Waals surface area contributed by atoms with Crippen molar-refractivity contribution in [2.24, 2.45) is 5.73 Å². The summed E-state index contributed by atoms with van der Waals surface area (Å²) in [6, 6.07) is 13.3. The van der Waals surface area contributed by atoms with Gasteiger partial charge in [-0.05, 0) is 55.5 Å². The molecule has 0 spiro atoms. The molecule has 2 atom stereocenters. The average molecular weight is 427 g/mol. The van der Waals surface area contributed by atoms with Crippen LogP contribution in [0.5, 0.6) is 10.9 Å². The van der Waals surface area contributed by atoms with Crippen LogP contribution in [0.2, 0.25) is 0 Å². The van der Waals surface area contributed by atoms with E-state index < -0.39 is 0 Å². The number of hydrogen-bond acceptors (Lipinski definition) is 5. The molecule has 2 aromatic carbocycles. The minimum atomic E-state index is -0.285. The number of thiazole rings is 1. The molecule has 156 valence electrons. The number of ether oxygens (including phenoxy) is 1. The zero-order valence-corrected chi connectivity index (χ0v) is 17.2. The smallest absolute Gasteiger partial charge is 0.315 e. The monoisotopic (exact) mass is 426 g/mol. The lowest BCUT2D eigenvalue weighted by atomic mass is 9.97. The number of urea groups is 1. The summed E-state index contributed by atoms with van der Waals surface area (Å²) in [5, 5.41) is 4.05. The van der Waals surface area contributed by atoms with Crippen molar-refractivity contribution >= 4 is 27.6 Å². The van der Waals surface area contributed by atoms with Gasteiger partial charge in [0, 0.05) is 24.7 Å². The van der Waals surface area contributed by atoms with Gasteiger partial charge in [-0.15, -0.1) is 0 Å². The third-order valence-corrected chi connectivity index (χ3v) is 7.02. The number of carbonyl (C=O) groups excluding carboxylic acids is 1. The molecule has 2 unspecified atom stereocenters. The van der Waals surface area contributed by atoms with Gasteiger partial charge in [-0.2, -0.15) is 0 Å². The van der Waals surface area contributed by atoms with E-state index in [2.05, 4.69) is 10.3 Å². The fraction of sp³-hybridized carbons (Fsp3) is 0.364. The Labute approximate surface area is 177 Å². The molecule has 8 heteroatoms. The minimum absolute atomic E-state index is 0.271. The molecule has 0 aliphatic carbocycles. The fourth-order valence-electron chi connectivity index (χ4n) is 4.68. The first kappa shape index (κ1) is 19.3. The molecular weight excluding hydrogens is 403 g/mol. The van der Waals surface area contributed by atoms with Crippen molar-refractivity contribution in [1.29, 1.82) is 0 Å². The summed E-state index contributed by atoms with van der Waals surface area (Å²) in [5.41, 5.74) is 7.29. The van der Waals surface area contributed by atoms with E-state index in [1.807, 2.05) is 29.2 Å². The fourth-order valence-corrected chi connectivity index (χ4v) is 5.52. The largest absolute Gasteiger partial charge is 0.431 e. The summed E-state index contributed by atoms with van der Waals surface area (Å²) in [7, 11) is 0. The third-order valence-electron chi connectivity index (χ3n) is 6.06. The van der Waals surface area contributed by atoms with Crippen molar-refractivity contribution in [2.45, 2.75) is 50.4 Å². The van der Waals surface area contributed by atoms with Crippen molar-refractivity contribution in [3.8, 4) is 10.9 Å². The zero-order chi connectivity index (χ0) is 20.7. The van der Waals surface area contributed by atoms with E-state index in [9.17, 15) is 9.18 Å². The normalized spacial score (nSPS) is 23.1. The lowest BCUT2D eigenvalue weighted by molar-refractivity contribution is 0.138. The molecule has 6 nitrogen and oxygen atoms in total. The van der Waals surface area contributed by atoms with Gasteiger partial charge < -0.3 is 20.7 Å². The molecule has 30 heavy (non-hydrogen) atoms. The maximum Gasteiger partial charge on any atom is 0.315 e. The van der Waals surface area contributed by atoms with E-state index in [1.165, 1.54) is 17.4 Å². The van der Waals surface area contributed by atoms with Crippen LogP contribution in [0.3, 0.4) is 0 Å². The van der Waals surface area contributed by atoms with Crippen LogP contribution < -0.4 is 15.8 Å². The number of aromatic nitrogens is 1. The standard InChI is InChI=1S/C22H23FN4O2S/c23-18-2-1-3-19-20(18)30-22(26-19)29-17-8-4-13(5-9-17)12-25-14-10-15-6-7-16(11-14)27(15)21(24)28/h1-5,8-9,14-16,25H,6-7,10-12H2,(H2,24,28). The average Bonchev–Trinajstić information content (AvgIpc) is 3.26. The quantitative estimate of drug-likeness (QED) is 0.634. The molecule has 2 saturated heterocycles. The van der Waals surface area contributed by atoms with Crippen LogP contribution >= 0.6 is 11.3 Å². The summed E-state index contributed by atoms with van der Waals surface area (Å²) in [6.45, 7) is 0.757. The van der Waals surface area contributed by atoms with Crippen LogP contribution in [0.25, 0.3) is 10.2 Å². The van der Waals surface area contributed by atoms with E-state index in [-0.39, 0.29) is 23.9 Å². The summed E-state index contributed by atoms with van der Waals surface area (Å²) in [6.07, 6.45) is 4.00. The Balaban J connectivity index is 1.18. The molecule has 2 bridgehead atoms. The van der Waals surface area contributed by atoms with Gasteiger partial charge in [-0.1, -0.05) is 29.5 Å². The Morgan fingerprint density at radius 1 is 1.20 bits per heavy atom. The highest BCUT2D eigenvalue weighted by molar-refractivity contribution is 7.20. The predicted octanol–water partition coefficient (Wildman–Crippen LogP) is 4.39. The number of fused-ring (bicyclic) bond motifs is 3. The number of benzene rings is 2. The molecule has 2 aliphatic rings. The second-order valence-corrected chi connectivity index (χ2v) is 8.96. The minimum Gasteiger partial charge on any atom is -0.431 e. The van der Waals surface area contributed by atoms with Crippen LogP contribution in [0.1, 0.15) is 31.2 Å². The highest BCUT2D eigenvalue weighted by Crippen LogP contribution is 2.36. The molecular formula is C22H23FN4O2S. The summed E-state index contributed by atoms with van der Waals surface area (Å²) in [4.78, 5) is 17.8. The van der Waals surface area contributed by atoms with Crippen LogP contribution in [0.15, 0.2) is 42.5 Å². The Kier molecular flexibility index (Phi) is 5.04. The Bertz CT molecular complexity index is 1060. The highest BCUT2D eigenvalue weighted by Gasteiger charge is 2.42. The Morgan fingerprint density at radius 2 is 1.93 bits per heavy atom. The summed E-state index contributed by atoms with van der Waals surface area (Å²) in [5.74, 6) is 0.391. The van der Waals surface area contributed by atoms with Gasteiger partial charge in [-0.3, -0.25) is 0 Å². The first-order valence-electron chi connectivity index (χ1n) is 10.2. The maximum absolute atomic E-state index is 13.8. The summed E-state index contributed by atoms with van der Waals surface area (Å²) < 4.78 is 20.1. The molecule has 0 radical (unpaired) electrons. The Morgan fingerprint density at radius 3 is 2.60 bits per heavy atom. The molecule has 5 rings (SSSR count). The second-order valence-electron chi connectivity index (χ2n) is 7.99. The number of halogens is 1. The number of nitrogens with one attached hydrogen (secondary N) is 1. The number of rotatable bonds is 5. The highest BCUT2D eigenvalue weighted by atomic mass is 32.1. The molecule has 2 amide bonds. The second kappa shape index (κ2) is 7.85. The first-order chi connectivity index (χ1) is 14.6. The Hall–Kier alpha value is -2.71. The maximum atomic E-state index is 13.8. The van der Waals surface area contributed by atoms with Gasteiger partial charge in [0.25, 0.3) is 5.19 Å². The number of hydrogen-bond donors (Lipinski definition) is 2. The van der Waals surface area contributed by atoms with Gasteiger partial charge in [0.2, 0.25) is 0 Å². The van der Waals surface area contributed by atoms with Crippen molar-refractivity contribution in [3.63, 3.8) is 0 Å². The topological polar surface area (TPSA) is 80.5 Å². The number of nitrogens with two attached hydrogens (primary N) is 1. The number of carbonyl (C=O) groups is 1. The van der Waals surface area contributed by atoms with Crippen LogP contribution in [-0.2, 0) is 6.54 Å². The van der Waals surface area contributed by atoms with Crippen LogP contribution in [0.4, 0.5) is 9.18 Å². The van der Waals surface area contributed by atoms with Crippen LogP contribution in [0, 0.1) is 5.82 Å².